The molecule has 21 heavy (non-hydrogen) atoms. The Balaban J connectivity index is 1.82. The molecule has 0 aliphatic heterocycles. The first-order valence-corrected chi connectivity index (χ1v) is 8.19. The molecule has 0 fully saturated rings. The molecule has 1 N–H and O–H groups in total. The zero-order chi connectivity index (χ0) is 14.8. The number of aryl methyl sites for hydroxylation is 2. The van der Waals surface area contributed by atoms with Crippen LogP contribution in [0.3, 0.4) is 0 Å². The van der Waals surface area contributed by atoms with Crippen molar-refractivity contribution in [1.29, 1.82) is 0 Å². The second-order valence-corrected chi connectivity index (χ2v) is 5.70. The lowest BCUT2D eigenvalue weighted by Gasteiger charge is -2.18. The Hall–Kier alpha value is -1.60. The summed E-state index contributed by atoms with van der Waals surface area (Å²) in [5, 5.41) is 3.71. The molecule has 1 heteroatoms. The summed E-state index contributed by atoms with van der Waals surface area (Å²) in [7, 11) is 0. The fourth-order valence-electron chi connectivity index (χ4n) is 2.67. The molecular formula is C20H27N. The lowest BCUT2D eigenvalue weighted by Crippen LogP contribution is -2.30. The Bertz CT molecular complexity index is 434. The third-order valence-electron chi connectivity index (χ3n) is 3.93. The van der Waals surface area contributed by atoms with Crippen LogP contribution in [-0.4, -0.2) is 12.6 Å². The van der Waals surface area contributed by atoms with Gasteiger partial charge in [-0.15, -0.1) is 0 Å². The third-order valence-corrected chi connectivity index (χ3v) is 3.93. The minimum atomic E-state index is 0.616. The van der Waals surface area contributed by atoms with Crippen LogP contribution in [0.4, 0.5) is 0 Å². The second-order valence-electron chi connectivity index (χ2n) is 5.70. The van der Waals surface area contributed by atoms with Gasteiger partial charge in [0.1, 0.15) is 0 Å². The van der Waals surface area contributed by atoms with Gasteiger partial charge in [0.25, 0.3) is 0 Å². The Kier molecular flexibility index (Phi) is 7.03. The molecule has 0 amide bonds. The van der Waals surface area contributed by atoms with Gasteiger partial charge in [0.15, 0.2) is 0 Å². The van der Waals surface area contributed by atoms with Crippen molar-refractivity contribution in [2.24, 2.45) is 0 Å². The fourth-order valence-corrected chi connectivity index (χ4v) is 2.67. The largest absolute Gasteiger partial charge is 0.314 e. The molecule has 0 atom stereocenters. The maximum Gasteiger partial charge on any atom is 0.00733 e. The number of hydrogen-bond acceptors (Lipinski definition) is 1. The molecule has 1 nitrogen and oxygen atoms in total. The molecule has 0 aliphatic carbocycles. The number of rotatable bonds is 9. The van der Waals surface area contributed by atoms with Crippen molar-refractivity contribution >= 4 is 0 Å². The van der Waals surface area contributed by atoms with E-state index >= 15 is 0 Å². The average molecular weight is 281 g/mol. The van der Waals surface area contributed by atoms with Gasteiger partial charge in [-0.05, 0) is 49.8 Å². The lowest BCUT2D eigenvalue weighted by atomic mass is 9.99. The molecule has 0 unspecified atom stereocenters. The van der Waals surface area contributed by atoms with Crippen LogP contribution >= 0.6 is 0 Å². The van der Waals surface area contributed by atoms with Gasteiger partial charge < -0.3 is 5.32 Å². The fraction of sp³-hybridized carbons (Fsp3) is 0.400. The zero-order valence-electron chi connectivity index (χ0n) is 13.1. The highest BCUT2D eigenvalue weighted by molar-refractivity contribution is 5.16. The molecule has 0 bridgehead atoms. The van der Waals surface area contributed by atoms with Gasteiger partial charge in [-0.3, -0.25) is 0 Å². The first-order valence-electron chi connectivity index (χ1n) is 8.19. The molecule has 112 valence electrons. The van der Waals surface area contributed by atoms with Crippen LogP contribution in [0.2, 0.25) is 0 Å². The summed E-state index contributed by atoms with van der Waals surface area (Å²) in [4.78, 5) is 0. The quantitative estimate of drug-likeness (QED) is 0.707. The zero-order valence-corrected chi connectivity index (χ0v) is 13.1. The van der Waals surface area contributed by atoms with Crippen LogP contribution in [-0.2, 0) is 12.8 Å². The van der Waals surface area contributed by atoms with E-state index < -0.39 is 0 Å². The SMILES string of the molecule is CCCNC(CCc1ccccc1)CCc1ccccc1. The number of benzene rings is 2. The normalized spacial score (nSPS) is 11.0. The van der Waals surface area contributed by atoms with E-state index in [-0.39, 0.29) is 0 Å². The van der Waals surface area contributed by atoms with Crippen molar-refractivity contribution in [2.45, 2.75) is 45.1 Å². The van der Waals surface area contributed by atoms with Gasteiger partial charge in [0.05, 0.1) is 0 Å². The van der Waals surface area contributed by atoms with E-state index in [2.05, 4.69) is 72.9 Å². The molecule has 2 aromatic rings. The second kappa shape index (κ2) is 9.36. The third kappa shape index (κ3) is 6.14. The Morgan fingerprint density at radius 2 is 1.24 bits per heavy atom. The number of hydrogen-bond donors (Lipinski definition) is 1. The first kappa shape index (κ1) is 15.8. The van der Waals surface area contributed by atoms with E-state index in [0.717, 1.165) is 19.4 Å². The van der Waals surface area contributed by atoms with E-state index in [1.54, 1.807) is 0 Å². The Labute approximate surface area is 129 Å². The van der Waals surface area contributed by atoms with Gasteiger partial charge in [-0.2, -0.15) is 0 Å². The highest BCUT2D eigenvalue weighted by Gasteiger charge is 2.08. The monoisotopic (exact) mass is 281 g/mol. The van der Waals surface area contributed by atoms with Crippen molar-refractivity contribution < 1.29 is 0 Å². The summed E-state index contributed by atoms with van der Waals surface area (Å²) in [5.41, 5.74) is 2.89. The number of nitrogens with one attached hydrogen (secondary N) is 1. The van der Waals surface area contributed by atoms with Crippen LogP contribution in [0.5, 0.6) is 0 Å². The van der Waals surface area contributed by atoms with Crippen LogP contribution < -0.4 is 5.32 Å². The summed E-state index contributed by atoms with van der Waals surface area (Å²) < 4.78 is 0. The maximum atomic E-state index is 3.71. The first-order chi connectivity index (χ1) is 10.4. The maximum absolute atomic E-state index is 3.71. The highest BCUT2D eigenvalue weighted by Crippen LogP contribution is 2.11. The molecule has 2 aromatic carbocycles. The van der Waals surface area contributed by atoms with Crippen molar-refractivity contribution in [3.05, 3.63) is 71.8 Å². The molecule has 0 saturated carbocycles. The smallest absolute Gasteiger partial charge is 0.00733 e. The van der Waals surface area contributed by atoms with Crippen LogP contribution in [0.1, 0.15) is 37.3 Å². The lowest BCUT2D eigenvalue weighted by molar-refractivity contribution is 0.453. The molecule has 0 saturated heterocycles. The molecule has 0 heterocycles. The molecule has 2 rings (SSSR count). The molecular weight excluding hydrogens is 254 g/mol. The van der Waals surface area contributed by atoms with Crippen molar-refractivity contribution in [3.8, 4) is 0 Å². The minimum Gasteiger partial charge on any atom is -0.314 e. The molecule has 0 radical (unpaired) electrons. The standard InChI is InChI=1S/C20H27N/c1-2-17-21-20(15-13-18-9-5-3-6-10-18)16-14-19-11-7-4-8-12-19/h3-12,20-21H,2,13-17H2,1H3. The van der Waals surface area contributed by atoms with Gasteiger partial charge in [0, 0.05) is 6.04 Å². The predicted octanol–water partition coefficient (Wildman–Crippen LogP) is 4.62. The summed E-state index contributed by atoms with van der Waals surface area (Å²) in [5.74, 6) is 0. The average Bonchev–Trinajstić information content (AvgIpc) is 2.56. The topological polar surface area (TPSA) is 12.0 Å². The predicted molar refractivity (Wildman–Crippen MR) is 91.6 cm³/mol. The van der Waals surface area contributed by atoms with Gasteiger partial charge >= 0.3 is 0 Å². The summed E-state index contributed by atoms with van der Waals surface area (Å²) in [6, 6.07) is 22.2. The molecule has 0 spiro atoms. The Morgan fingerprint density at radius 3 is 1.67 bits per heavy atom. The molecule has 0 aliphatic rings. The van der Waals surface area contributed by atoms with Gasteiger partial charge in [0.2, 0.25) is 0 Å². The highest BCUT2D eigenvalue weighted by atomic mass is 14.9. The van der Waals surface area contributed by atoms with Gasteiger partial charge in [-0.25, -0.2) is 0 Å². The van der Waals surface area contributed by atoms with Crippen LogP contribution in [0, 0.1) is 0 Å². The van der Waals surface area contributed by atoms with E-state index in [1.165, 1.54) is 30.4 Å². The van der Waals surface area contributed by atoms with E-state index in [1.807, 2.05) is 0 Å². The van der Waals surface area contributed by atoms with E-state index in [9.17, 15) is 0 Å². The summed E-state index contributed by atoms with van der Waals surface area (Å²) in [6.45, 7) is 3.35. The van der Waals surface area contributed by atoms with Crippen LogP contribution in [0.15, 0.2) is 60.7 Å². The van der Waals surface area contributed by atoms with Gasteiger partial charge in [-0.1, -0.05) is 67.6 Å². The van der Waals surface area contributed by atoms with Crippen molar-refractivity contribution in [3.63, 3.8) is 0 Å². The summed E-state index contributed by atoms with van der Waals surface area (Å²) in [6.07, 6.45) is 5.97. The minimum absolute atomic E-state index is 0.616. The van der Waals surface area contributed by atoms with Crippen molar-refractivity contribution in [2.75, 3.05) is 6.54 Å². The van der Waals surface area contributed by atoms with Crippen molar-refractivity contribution in [1.82, 2.24) is 5.32 Å². The molecule has 0 aromatic heterocycles. The van der Waals surface area contributed by atoms with E-state index in [0.29, 0.717) is 6.04 Å². The van der Waals surface area contributed by atoms with Crippen LogP contribution in [0.25, 0.3) is 0 Å². The Morgan fingerprint density at radius 1 is 0.762 bits per heavy atom. The summed E-state index contributed by atoms with van der Waals surface area (Å²) >= 11 is 0. The van der Waals surface area contributed by atoms with E-state index in [4.69, 9.17) is 0 Å².